The molecule has 1 unspecified atom stereocenters. The molecule has 4 nitrogen and oxygen atoms in total. The Bertz CT molecular complexity index is 402. The van der Waals surface area contributed by atoms with E-state index in [0.717, 1.165) is 5.75 Å². The molecule has 0 heterocycles. The van der Waals surface area contributed by atoms with E-state index in [1.807, 2.05) is 27.7 Å². The second-order valence-electron chi connectivity index (χ2n) is 5.50. The van der Waals surface area contributed by atoms with Gasteiger partial charge in [-0.2, -0.15) is 0 Å². The van der Waals surface area contributed by atoms with Crippen molar-refractivity contribution >= 4 is 5.91 Å². The number of ether oxygens (including phenoxy) is 1. The Balaban J connectivity index is 2.68. The molecule has 0 radical (unpaired) electrons. The molecule has 0 aliphatic heterocycles. The van der Waals surface area contributed by atoms with Crippen molar-refractivity contribution in [1.29, 1.82) is 0 Å². The number of nitrogens with one attached hydrogen (secondary N) is 1. The minimum Gasteiger partial charge on any atom is -0.488 e. The number of carbonyl (C=O) groups excluding carboxylic acids is 1. The molecule has 0 aliphatic carbocycles. The highest BCUT2D eigenvalue weighted by molar-refractivity contribution is 5.94. The smallest absolute Gasteiger partial charge is 0.251 e. The van der Waals surface area contributed by atoms with Gasteiger partial charge in [-0.3, -0.25) is 4.79 Å². The topological polar surface area (TPSA) is 58.6 Å². The monoisotopic (exact) mass is 265 g/mol. The first kappa shape index (κ1) is 15.5. The van der Waals surface area contributed by atoms with Crippen LogP contribution in [0.1, 0.15) is 44.5 Å². The Hall–Kier alpha value is -1.55. The van der Waals surface area contributed by atoms with E-state index in [-0.39, 0.29) is 24.2 Å². The summed E-state index contributed by atoms with van der Waals surface area (Å²) < 4.78 is 5.69. The molecule has 0 saturated carbocycles. The maximum atomic E-state index is 11.9. The van der Waals surface area contributed by atoms with Crippen molar-refractivity contribution in [3.63, 3.8) is 0 Å². The first-order chi connectivity index (χ1) is 8.85. The van der Waals surface area contributed by atoms with Crippen molar-refractivity contribution < 1.29 is 14.6 Å². The van der Waals surface area contributed by atoms with Crippen LogP contribution in [0.15, 0.2) is 24.3 Å². The van der Waals surface area contributed by atoms with Gasteiger partial charge in [0, 0.05) is 5.56 Å². The summed E-state index contributed by atoms with van der Waals surface area (Å²) in [4.78, 5) is 11.9. The van der Waals surface area contributed by atoms with Crippen LogP contribution in [0.5, 0.6) is 5.75 Å². The highest BCUT2D eigenvalue weighted by Crippen LogP contribution is 2.18. The summed E-state index contributed by atoms with van der Waals surface area (Å²) >= 11 is 0. The fourth-order valence-electron chi connectivity index (χ4n) is 1.57. The molecule has 19 heavy (non-hydrogen) atoms. The highest BCUT2D eigenvalue weighted by atomic mass is 16.5. The molecule has 0 fully saturated rings. The number of hydrogen-bond donors (Lipinski definition) is 2. The van der Waals surface area contributed by atoms with Crippen LogP contribution < -0.4 is 10.1 Å². The largest absolute Gasteiger partial charge is 0.488 e. The molecular formula is C15H23NO3. The first-order valence-electron chi connectivity index (χ1n) is 6.56. The average molecular weight is 265 g/mol. The quantitative estimate of drug-likeness (QED) is 0.859. The van der Waals surface area contributed by atoms with Gasteiger partial charge in [0.25, 0.3) is 5.91 Å². The van der Waals surface area contributed by atoms with Crippen LogP contribution in [0.3, 0.4) is 0 Å². The Morgan fingerprint density at radius 1 is 1.32 bits per heavy atom. The van der Waals surface area contributed by atoms with Crippen molar-refractivity contribution in [3.05, 3.63) is 29.8 Å². The van der Waals surface area contributed by atoms with Gasteiger partial charge < -0.3 is 15.2 Å². The van der Waals surface area contributed by atoms with Crippen molar-refractivity contribution in [2.75, 3.05) is 6.61 Å². The number of aliphatic hydroxyl groups excluding tert-OH is 1. The molecule has 0 aliphatic rings. The van der Waals surface area contributed by atoms with Crippen LogP contribution in [-0.2, 0) is 0 Å². The summed E-state index contributed by atoms with van der Waals surface area (Å²) in [7, 11) is 0. The zero-order chi connectivity index (χ0) is 14.5. The van der Waals surface area contributed by atoms with Crippen LogP contribution in [0.2, 0.25) is 0 Å². The lowest BCUT2D eigenvalue weighted by Gasteiger charge is -2.21. The molecule has 1 rings (SSSR count). The average Bonchev–Trinajstić information content (AvgIpc) is 2.34. The van der Waals surface area contributed by atoms with Crippen molar-refractivity contribution in [2.45, 2.75) is 45.8 Å². The van der Waals surface area contributed by atoms with Gasteiger partial charge in [-0.25, -0.2) is 0 Å². The molecule has 1 aromatic rings. The van der Waals surface area contributed by atoms with E-state index in [0.29, 0.717) is 12.0 Å². The van der Waals surface area contributed by atoms with Gasteiger partial charge in [-0.15, -0.1) is 0 Å². The maximum Gasteiger partial charge on any atom is 0.251 e. The summed E-state index contributed by atoms with van der Waals surface area (Å²) in [5.41, 5.74) is 0.307. The zero-order valence-corrected chi connectivity index (χ0v) is 12.1. The van der Waals surface area contributed by atoms with E-state index < -0.39 is 0 Å². The fourth-order valence-corrected chi connectivity index (χ4v) is 1.57. The molecule has 0 bridgehead atoms. The van der Waals surface area contributed by atoms with Crippen LogP contribution in [0, 0.1) is 0 Å². The second-order valence-corrected chi connectivity index (χ2v) is 5.50. The molecule has 1 atom stereocenters. The van der Waals surface area contributed by atoms with Crippen LogP contribution >= 0.6 is 0 Å². The fraction of sp³-hybridized carbons (Fsp3) is 0.533. The number of aliphatic hydroxyl groups is 1. The predicted molar refractivity (Wildman–Crippen MR) is 75.5 cm³/mol. The summed E-state index contributed by atoms with van der Waals surface area (Å²) in [6.45, 7) is 7.79. The van der Waals surface area contributed by atoms with E-state index in [4.69, 9.17) is 9.84 Å². The molecule has 0 spiro atoms. The standard InChI is InChI=1S/C15H23NO3/c1-5-12(10-17)16-14(18)11-6-8-13(9-7-11)19-15(2,3)4/h6-9,12,17H,5,10H2,1-4H3,(H,16,18). The lowest BCUT2D eigenvalue weighted by molar-refractivity contribution is 0.0915. The highest BCUT2D eigenvalue weighted by Gasteiger charge is 2.13. The van der Waals surface area contributed by atoms with Gasteiger partial charge in [0.2, 0.25) is 0 Å². The number of hydrogen-bond acceptors (Lipinski definition) is 3. The normalized spacial score (nSPS) is 12.9. The number of carbonyl (C=O) groups is 1. The van der Waals surface area contributed by atoms with Gasteiger partial charge in [-0.1, -0.05) is 6.92 Å². The van der Waals surface area contributed by atoms with Gasteiger partial charge in [0.1, 0.15) is 11.4 Å². The van der Waals surface area contributed by atoms with Crippen LogP contribution in [0.25, 0.3) is 0 Å². The molecule has 1 aromatic carbocycles. The Labute approximate surface area is 114 Å². The van der Waals surface area contributed by atoms with Gasteiger partial charge >= 0.3 is 0 Å². The van der Waals surface area contributed by atoms with E-state index in [9.17, 15) is 4.79 Å². The third kappa shape index (κ3) is 5.30. The minimum absolute atomic E-state index is 0.0482. The Kier molecular flexibility index (Phi) is 5.36. The number of benzene rings is 1. The Morgan fingerprint density at radius 2 is 1.89 bits per heavy atom. The van der Waals surface area contributed by atoms with E-state index >= 15 is 0 Å². The first-order valence-corrected chi connectivity index (χ1v) is 6.56. The van der Waals surface area contributed by atoms with Crippen molar-refractivity contribution in [1.82, 2.24) is 5.32 Å². The van der Waals surface area contributed by atoms with Gasteiger partial charge in [-0.05, 0) is 51.5 Å². The maximum absolute atomic E-state index is 11.9. The molecule has 106 valence electrons. The second kappa shape index (κ2) is 6.57. The molecule has 0 aromatic heterocycles. The predicted octanol–water partition coefficient (Wildman–Crippen LogP) is 2.36. The molecule has 2 N–H and O–H groups in total. The zero-order valence-electron chi connectivity index (χ0n) is 12.1. The third-order valence-corrected chi connectivity index (χ3v) is 2.59. The summed E-state index contributed by atoms with van der Waals surface area (Å²) in [5.74, 6) is 0.557. The summed E-state index contributed by atoms with van der Waals surface area (Å²) in [5, 5.41) is 11.8. The van der Waals surface area contributed by atoms with E-state index in [1.54, 1.807) is 24.3 Å². The molecule has 0 saturated heterocycles. The molecule has 1 amide bonds. The lowest BCUT2D eigenvalue weighted by Crippen LogP contribution is -2.36. The molecule has 4 heteroatoms. The number of amides is 1. The van der Waals surface area contributed by atoms with Gasteiger partial charge in [0.05, 0.1) is 12.6 Å². The van der Waals surface area contributed by atoms with Crippen LogP contribution in [0.4, 0.5) is 0 Å². The van der Waals surface area contributed by atoms with E-state index in [2.05, 4.69) is 5.32 Å². The Morgan fingerprint density at radius 3 is 2.32 bits per heavy atom. The van der Waals surface area contributed by atoms with Gasteiger partial charge in [0.15, 0.2) is 0 Å². The van der Waals surface area contributed by atoms with E-state index in [1.165, 1.54) is 0 Å². The van der Waals surface area contributed by atoms with Crippen molar-refractivity contribution in [2.24, 2.45) is 0 Å². The summed E-state index contributed by atoms with van der Waals surface area (Å²) in [6, 6.07) is 6.80. The summed E-state index contributed by atoms with van der Waals surface area (Å²) in [6.07, 6.45) is 0.702. The van der Waals surface area contributed by atoms with Crippen LogP contribution in [-0.4, -0.2) is 29.3 Å². The SMILES string of the molecule is CCC(CO)NC(=O)c1ccc(OC(C)(C)C)cc1. The third-order valence-electron chi connectivity index (χ3n) is 2.59. The van der Waals surface area contributed by atoms with Crippen molar-refractivity contribution in [3.8, 4) is 5.75 Å². The minimum atomic E-state index is -0.256. The lowest BCUT2D eigenvalue weighted by atomic mass is 10.1. The molecular weight excluding hydrogens is 242 g/mol. The number of rotatable bonds is 5.